The third-order valence-corrected chi connectivity index (χ3v) is 3.58. The average Bonchev–Trinajstić information content (AvgIpc) is 3.07. The lowest BCUT2D eigenvalue weighted by atomic mass is 10.1. The van der Waals surface area contributed by atoms with Gasteiger partial charge in [0, 0.05) is 18.0 Å². The Bertz CT molecular complexity index is 919. The van der Waals surface area contributed by atoms with Crippen LogP contribution in [0.4, 0.5) is 8.78 Å². The van der Waals surface area contributed by atoms with Crippen molar-refractivity contribution in [2.45, 2.75) is 32.7 Å². The smallest absolute Gasteiger partial charge is 0.314 e. The van der Waals surface area contributed by atoms with Gasteiger partial charge in [0.25, 0.3) is 11.4 Å². The topological polar surface area (TPSA) is 86.7 Å². The van der Waals surface area contributed by atoms with Gasteiger partial charge in [0.2, 0.25) is 5.89 Å². The zero-order chi connectivity index (χ0) is 18.0. The SMILES string of the molecule is CC(C)c1cncn(Cc2ccc(-c3nnc(C(F)F)o3)cn2)c1=O. The number of hydrogen-bond acceptors (Lipinski definition) is 6. The molecule has 0 atom stereocenters. The van der Waals surface area contributed by atoms with Gasteiger partial charge in [0.15, 0.2) is 0 Å². The molecule has 0 amide bonds. The zero-order valence-corrected chi connectivity index (χ0v) is 13.6. The van der Waals surface area contributed by atoms with E-state index in [0.717, 1.165) is 0 Å². The van der Waals surface area contributed by atoms with Crippen molar-refractivity contribution in [2.75, 3.05) is 0 Å². The van der Waals surface area contributed by atoms with Gasteiger partial charge < -0.3 is 4.42 Å². The lowest BCUT2D eigenvalue weighted by Gasteiger charge is -2.09. The van der Waals surface area contributed by atoms with Crippen molar-refractivity contribution in [3.05, 3.63) is 58.4 Å². The summed E-state index contributed by atoms with van der Waals surface area (Å²) in [5, 5.41) is 6.84. The molecule has 3 heterocycles. The minimum absolute atomic E-state index is 0.0324. The third kappa shape index (κ3) is 3.59. The Balaban J connectivity index is 1.81. The van der Waals surface area contributed by atoms with E-state index in [-0.39, 0.29) is 23.9 Å². The predicted octanol–water partition coefficient (Wildman–Crippen LogP) is 2.80. The van der Waals surface area contributed by atoms with Crippen LogP contribution in [-0.4, -0.2) is 24.7 Å². The number of pyridine rings is 1. The second kappa shape index (κ2) is 6.88. The van der Waals surface area contributed by atoms with Crippen LogP contribution in [0.2, 0.25) is 0 Å². The molecule has 0 aliphatic carbocycles. The molecule has 0 aliphatic rings. The van der Waals surface area contributed by atoms with Crippen molar-refractivity contribution in [1.29, 1.82) is 0 Å². The predicted molar refractivity (Wildman–Crippen MR) is 84.2 cm³/mol. The van der Waals surface area contributed by atoms with Gasteiger partial charge in [-0.1, -0.05) is 13.8 Å². The molecular formula is C16H15F2N5O2. The van der Waals surface area contributed by atoms with Gasteiger partial charge in [0.05, 0.1) is 24.1 Å². The van der Waals surface area contributed by atoms with Gasteiger partial charge >= 0.3 is 6.43 Å². The first kappa shape index (κ1) is 16.9. The third-order valence-electron chi connectivity index (χ3n) is 3.58. The van der Waals surface area contributed by atoms with Crippen molar-refractivity contribution < 1.29 is 13.2 Å². The van der Waals surface area contributed by atoms with E-state index in [9.17, 15) is 13.6 Å². The van der Waals surface area contributed by atoms with Crippen LogP contribution in [0.15, 0.2) is 40.1 Å². The molecule has 0 radical (unpaired) electrons. The van der Waals surface area contributed by atoms with Crippen molar-refractivity contribution in [3.63, 3.8) is 0 Å². The van der Waals surface area contributed by atoms with Gasteiger partial charge in [-0.25, -0.2) is 4.98 Å². The summed E-state index contributed by atoms with van der Waals surface area (Å²) < 4.78 is 31.3. The summed E-state index contributed by atoms with van der Waals surface area (Å²) in [6.45, 7) is 4.10. The molecule has 0 saturated carbocycles. The molecule has 25 heavy (non-hydrogen) atoms. The van der Waals surface area contributed by atoms with Crippen LogP contribution in [-0.2, 0) is 6.54 Å². The summed E-state index contributed by atoms with van der Waals surface area (Å²) >= 11 is 0. The van der Waals surface area contributed by atoms with Gasteiger partial charge in [-0.15, -0.1) is 10.2 Å². The van der Waals surface area contributed by atoms with E-state index >= 15 is 0 Å². The molecule has 3 aromatic heterocycles. The zero-order valence-electron chi connectivity index (χ0n) is 13.6. The van der Waals surface area contributed by atoms with E-state index in [1.54, 1.807) is 18.3 Å². The monoisotopic (exact) mass is 347 g/mol. The Labute approximate surface area is 141 Å². The highest BCUT2D eigenvalue weighted by Gasteiger charge is 2.17. The molecule has 0 N–H and O–H groups in total. The number of rotatable bonds is 5. The lowest BCUT2D eigenvalue weighted by Crippen LogP contribution is -2.25. The highest BCUT2D eigenvalue weighted by atomic mass is 19.3. The molecule has 0 fully saturated rings. The van der Waals surface area contributed by atoms with E-state index in [0.29, 0.717) is 16.8 Å². The average molecular weight is 347 g/mol. The Morgan fingerprint density at radius 1 is 1.20 bits per heavy atom. The Morgan fingerprint density at radius 3 is 2.60 bits per heavy atom. The largest absolute Gasteiger partial charge is 0.415 e. The minimum atomic E-state index is -2.82. The van der Waals surface area contributed by atoms with Crippen LogP contribution in [0.3, 0.4) is 0 Å². The minimum Gasteiger partial charge on any atom is -0.415 e. The molecule has 0 aromatic carbocycles. The highest BCUT2D eigenvalue weighted by Crippen LogP contribution is 2.22. The fourth-order valence-electron chi connectivity index (χ4n) is 2.23. The highest BCUT2D eigenvalue weighted by molar-refractivity contribution is 5.50. The summed E-state index contributed by atoms with van der Waals surface area (Å²) in [6.07, 6.45) is 1.64. The van der Waals surface area contributed by atoms with Crippen molar-refractivity contribution in [2.24, 2.45) is 0 Å². The molecule has 0 bridgehead atoms. The van der Waals surface area contributed by atoms with Crippen LogP contribution < -0.4 is 5.56 Å². The molecule has 0 spiro atoms. The Morgan fingerprint density at radius 2 is 2.00 bits per heavy atom. The number of hydrogen-bond donors (Lipinski definition) is 0. The molecule has 9 heteroatoms. The standard InChI is InChI=1S/C16H15F2N5O2/c1-9(2)12-6-19-8-23(16(12)24)7-11-4-3-10(5-20-11)14-21-22-15(25-14)13(17)18/h3-6,8-9,13H,7H2,1-2H3. The second-order valence-corrected chi connectivity index (χ2v) is 5.72. The molecule has 3 aromatic rings. The van der Waals surface area contributed by atoms with Gasteiger partial charge in [-0.05, 0) is 18.1 Å². The van der Waals surface area contributed by atoms with Crippen LogP contribution in [0.25, 0.3) is 11.5 Å². The van der Waals surface area contributed by atoms with Crippen LogP contribution in [0, 0.1) is 0 Å². The Hall–Kier alpha value is -2.97. The maximum Gasteiger partial charge on any atom is 0.314 e. The van der Waals surface area contributed by atoms with Crippen molar-refractivity contribution >= 4 is 0 Å². The van der Waals surface area contributed by atoms with Crippen molar-refractivity contribution in [1.82, 2.24) is 24.7 Å². The fourth-order valence-corrected chi connectivity index (χ4v) is 2.23. The summed E-state index contributed by atoms with van der Waals surface area (Å²) in [5.74, 6) is -0.693. The summed E-state index contributed by atoms with van der Waals surface area (Å²) in [5.41, 5.74) is 1.55. The summed E-state index contributed by atoms with van der Waals surface area (Å²) in [6, 6.07) is 3.28. The number of halogens is 2. The van der Waals surface area contributed by atoms with Crippen LogP contribution in [0.1, 0.15) is 43.3 Å². The number of aromatic nitrogens is 5. The molecule has 130 valence electrons. The van der Waals surface area contributed by atoms with Crippen molar-refractivity contribution in [3.8, 4) is 11.5 Å². The lowest BCUT2D eigenvalue weighted by molar-refractivity contribution is 0.116. The van der Waals surface area contributed by atoms with Crippen LogP contribution in [0.5, 0.6) is 0 Å². The first-order valence-electron chi connectivity index (χ1n) is 7.57. The van der Waals surface area contributed by atoms with Gasteiger partial charge in [-0.3, -0.25) is 14.3 Å². The molecule has 0 saturated heterocycles. The molecular weight excluding hydrogens is 332 g/mol. The van der Waals surface area contributed by atoms with E-state index in [1.807, 2.05) is 13.8 Å². The summed E-state index contributed by atoms with van der Waals surface area (Å²) in [7, 11) is 0. The first-order chi connectivity index (χ1) is 12.0. The summed E-state index contributed by atoms with van der Waals surface area (Å²) in [4.78, 5) is 20.7. The maximum absolute atomic E-state index is 12.5. The molecule has 3 rings (SSSR count). The quantitative estimate of drug-likeness (QED) is 0.705. The number of nitrogens with zero attached hydrogens (tertiary/aromatic N) is 5. The molecule has 7 nitrogen and oxygen atoms in total. The Kier molecular flexibility index (Phi) is 4.64. The van der Waals surface area contributed by atoms with Gasteiger partial charge in [-0.2, -0.15) is 8.78 Å². The molecule has 0 aliphatic heterocycles. The first-order valence-corrected chi connectivity index (χ1v) is 7.57. The van der Waals surface area contributed by atoms with Gasteiger partial charge in [0.1, 0.15) is 0 Å². The maximum atomic E-state index is 12.5. The molecule has 0 unspecified atom stereocenters. The van der Waals surface area contributed by atoms with E-state index in [2.05, 4.69) is 20.2 Å². The second-order valence-electron chi connectivity index (χ2n) is 5.72. The fraction of sp³-hybridized carbons (Fsp3) is 0.312. The van der Waals surface area contributed by atoms with E-state index in [4.69, 9.17) is 4.42 Å². The van der Waals surface area contributed by atoms with Crippen LogP contribution >= 0.6 is 0 Å². The number of alkyl halides is 2. The normalized spacial score (nSPS) is 11.4. The van der Waals surface area contributed by atoms with E-state index in [1.165, 1.54) is 17.1 Å². The van der Waals surface area contributed by atoms with E-state index < -0.39 is 12.3 Å².